The van der Waals surface area contributed by atoms with Crippen LogP contribution in [-0.2, 0) is 17.5 Å². The van der Waals surface area contributed by atoms with Gasteiger partial charge in [0.15, 0.2) is 5.69 Å². The number of nitrogens with one attached hydrogen (secondary N) is 1. The lowest BCUT2D eigenvalue weighted by atomic mass is 10.2. The van der Waals surface area contributed by atoms with Crippen molar-refractivity contribution in [2.24, 2.45) is 0 Å². The Morgan fingerprint density at radius 3 is 2.48 bits per heavy atom. The molecule has 1 N–H and O–H groups in total. The molecule has 0 radical (unpaired) electrons. The summed E-state index contributed by atoms with van der Waals surface area (Å²) in [7, 11) is 0. The molecule has 0 fully saturated rings. The Morgan fingerprint density at radius 2 is 1.89 bits per heavy atom. The summed E-state index contributed by atoms with van der Waals surface area (Å²) in [5, 5.41) is 5.86. The number of pyridine rings is 1. The first kappa shape index (κ1) is 18.4. The number of anilines is 1. The van der Waals surface area contributed by atoms with E-state index in [4.69, 9.17) is 4.74 Å². The highest BCUT2D eigenvalue weighted by atomic mass is 19.4. The average Bonchev–Trinajstić information content (AvgIpc) is 3.07. The van der Waals surface area contributed by atoms with Gasteiger partial charge in [-0.3, -0.25) is 9.48 Å². The van der Waals surface area contributed by atoms with Crippen molar-refractivity contribution in [2.45, 2.75) is 19.6 Å². The van der Waals surface area contributed by atoms with Crippen molar-refractivity contribution in [3.8, 4) is 11.6 Å². The molecular weight excluding hydrogens is 361 g/mol. The van der Waals surface area contributed by atoms with E-state index in [1.165, 1.54) is 6.20 Å². The van der Waals surface area contributed by atoms with Crippen LogP contribution in [0.2, 0.25) is 0 Å². The van der Waals surface area contributed by atoms with Crippen molar-refractivity contribution in [3.05, 3.63) is 66.1 Å². The summed E-state index contributed by atoms with van der Waals surface area (Å²) in [6, 6.07) is 11.4. The monoisotopic (exact) mass is 376 g/mol. The van der Waals surface area contributed by atoms with Gasteiger partial charge in [0.1, 0.15) is 12.3 Å². The maximum atomic E-state index is 12.5. The number of hydrogen-bond acceptors (Lipinski definition) is 4. The molecule has 6 nitrogen and oxygen atoms in total. The van der Waals surface area contributed by atoms with Gasteiger partial charge in [-0.15, -0.1) is 0 Å². The summed E-state index contributed by atoms with van der Waals surface area (Å²) >= 11 is 0. The van der Waals surface area contributed by atoms with Gasteiger partial charge >= 0.3 is 6.18 Å². The van der Waals surface area contributed by atoms with E-state index in [2.05, 4.69) is 15.4 Å². The molecule has 0 aliphatic heterocycles. The molecule has 0 unspecified atom stereocenters. The molecule has 0 bridgehead atoms. The van der Waals surface area contributed by atoms with Crippen LogP contribution in [-0.4, -0.2) is 20.7 Å². The Morgan fingerprint density at radius 1 is 1.15 bits per heavy atom. The number of carbonyl (C=O) groups is 1. The van der Waals surface area contributed by atoms with Gasteiger partial charge in [-0.05, 0) is 31.2 Å². The van der Waals surface area contributed by atoms with Gasteiger partial charge in [0.05, 0.1) is 11.9 Å². The Kier molecular flexibility index (Phi) is 5.11. The van der Waals surface area contributed by atoms with Crippen LogP contribution in [0.15, 0.2) is 54.9 Å². The minimum Gasteiger partial charge on any atom is -0.439 e. The number of nitrogens with zero attached hydrogens (tertiary/aromatic N) is 3. The molecule has 1 aromatic carbocycles. The maximum absolute atomic E-state index is 12.5. The minimum absolute atomic E-state index is 0.346. The Hall–Kier alpha value is -3.36. The molecule has 140 valence electrons. The van der Waals surface area contributed by atoms with E-state index in [-0.39, 0.29) is 6.54 Å². The molecule has 0 saturated carbocycles. The van der Waals surface area contributed by atoms with Crippen molar-refractivity contribution < 1.29 is 22.7 Å². The molecule has 9 heteroatoms. The van der Waals surface area contributed by atoms with Crippen molar-refractivity contribution in [1.29, 1.82) is 0 Å². The van der Waals surface area contributed by atoms with E-state index in [9.17, 15) is 18.0 Å². The van der Waals surface area contributed by atoms with Crippen molar-refractivity contribution >= 4 is 11.6 Å². The number of aryl methyl sites for hydroxylation is 1. The van der Waals surface area contributed by atoms with E-state index in [1.807, 2.05) is 31.2 Å². The molecule has 2 aromatic heterocycles. The second-order valence-corrected chi connectivity index (χ2v) is 5.74. The standard InChI is InChI=1S/C18H15F3N4O2/c1-12-2-5-14(6-3-12)27-17-7-4-13(10-22-17)23-16(26)11-25-9-8-15(24-25)18(19,20)21/h2-10H,11H2,1H3,(H,23,26). The second-order valence-electron chi connectivity index (χ2n) is 5.74. The van der Waals surface area contributed by atoms with Crippen LogP contribution < -0.4 is 10.1 Å². The van der Waals surface area contributed by atoms with Crippen LogP contribution in [0.25, 0.3) is 0 Å². The smallest absolute Gasteiger partial charge is 0.435 e. The number of halogens is 3. The third kappa shape index (κ3) is 5.06. The van der Waals surface area contributed by atoms with Crippen molar-refractivity contribution in [1.82, 2.24) is 14.8 Å². The number of hydrogen-bond donors (Lipinski definition) is 1. The molecule has 0 atom stereocenters. The summed E-state index contributed by atoms with van der Waals surface area (Å²) in [5.41, 5.74) is 0.446. The molecule has 0 spiro atoms. The topological polar surface area (TPSA) is 69.0 Å². The average molecular weight is 376 g/mol. The number of alkyl halides is 3. The van der Waals surface area contributed by atoms with Crippen LogP contribution in [0.4, 0.5) is 18.9 Å². The summed E-state index contributed by atoms with van der Waals surface area (Å²) < 4.78 is 44.0. The highest BCUT2D eigenvalue weighted by molar-refractivity contribution is 5.90. The highest BCUT2D eigenvalue weighted by Gasteiger charge is 2.33. The van der Waals surface area contributed by atoms with E-state index in [0.717, 1.165) is 22.5 Å². The molecule has 3 aromatic rings. The first-order valence-corrected chi connectivity index (χ1v) is 7.91. The molecular formula is C18H15F3N4O2. The largest absolute Gasteiger partial charge is 0.439 e. The fourth-order valence-corrected chi connectivity index (χ4v) is 2.19. The molecule has 0 aliphatic carbocycles. The third-order valence-electron chi connectivity index (χ3n) is 3.50. The lowest BCUT2D eigenvalue weighted by Crippen LogP contribution is -2.19. The van der Waals surface area contributed by atoms with Crippen molar-refractivity contribution in [3.63, 3.8) is 0 Å². The zero-order valence-corrected chi connectivity index (χ0v) is 14.2. The van der Waals surface area contributed by atoms with Gasteiger partial charge in [0.2, 0.25) is 11.8 Å². The second kappa shape index (κ2) is 7.48. The number of carbonyl (C=O) groups excluding carboxylic acids is 1. The quantitative estimate of drug-likeness (QED) is 0.730. The minimum atomic E-state index is -4.54. The number of rotatable bonds is 5. The van der Waals surface area contributed by atoms with E-state index in [0.29, 0.717) is 17.3 Å². The number of benzene rings is 1. The fourth-order valence-electron chi connectivity index (χ4n) is 2.19. The maximum Gasteiger partial charge on any atom is 0.435 e. The summed E-state index contributed by atoms with van der Waals surface area (Å²) in [4.78, 5) is 16.0. The lowest BCUT2D eigenvalue weighted by molar-refractivity contribution is -0.141. The van der Waals surface area contributed by atoms with Crippen LogP contribution in [0.3, 0.4) is 0 Å². The van der Waals surface area contributed by atoms with Gasteiger partial charge in [0, 0.05) is 12.3 Å². The molecule has 2 heterocycles. The summed E-state index contributed by atoms with van der Waals surface area (Å²) in [6.45, 7) is 1.62. The normalized spacial score (nSPS) is 11.3. The number of aromatic nitrogens is 3. The summed E-state index contributed by atoms with van der Waals surface area (Å²) in [5.74, 6) is 0.448. The van der Waals surface area contributed by atoms with Crippen LogP contribution in [0.5, 0.6) is 11.6 Å². The summed E-state index contributed by atoms with van der Waals surface area (Å²) in [6.07, 6.45) is -2.05. The zero-order valence-electron chi connectivity index (χ0n) is 14.2. The highest BCUT2D eigenvalue weighted by Crippen LogP contribution is 2.27. The van der Waals surface area contributed by atoms with Crippen LogP contribution in [0, 0.1) is 6.92 Å². The Bertz CT molecular complexity index is 919. The molecule has 3 rings (SSSR count). The molecule has 27 heavy (non-hydrogen) atoms. The van der Waals surface area contributed by atoms with Crippen LogP contribution in [0.1, 0.15) is 11.3 Å². The van der Waals surface area contributed by atoms with Crippen molar-refractivity contribution in [2.75, 3.05) is 5.32 Å². The third-order valence-corrected chi connectivity index (χ3v) is 3.50. The fraction of sp³-hybridized carbons (Fsp3) is 0.167. The molecule has 0 saturated heterocycles. The van der Waals surface area contributed by atoms with Gasteiger partial charge in [-0.1, -0.05) is 17.7 Å². The first-order valence-electron chi connectivity index (χ1n) is 7.91. The van der Waals surface area contributed by atoms with Gasteiger partial charge in [-0.2, -0.15) is 18.3 Å². The van der Waals surface area contributed by atoms with E-state index in [1.54, 1.807) is 12.1 Å². The van der Waals surface area contributed by atoms with E-state index < -0.39 is 17.8 Å². The van der Waals surface area contributed by atoms with Crippen LogP contribution >= 0.6 is 0 Å². The lowest BCUT2D eigenvalue weighted by Gasteiger charge is -2.08. The van der Waals surface area contributed by atoms with Gasteiger partial charge in [-0.25, -0.2) is 4.98 Å². The number of ether oxygens (including phenoxy) is 1. The Labute approximate surface area is 152 Å². The zero-order chi connectivity index (χ0) is 19.4. The predicted octanol–water partition coefficient (Wildman–Crippen LogP) is 4.04. The predicted molar refractivity (Wildman–Crippen MR) is 91.3 cm³/mol. The Balaban J connectivity index is 1.56. The first-order chi connectivity index (χ1) is 12.8. The van der Waals surface area contributed by atoms with Gasteiger partial charge in [0.25, 0.3) is 0 Å². The van der Waals surface area contributed by atoms with Gasteiger partial charge < -0.3 is 10.1 Å². The van der Waals surface area contributed by atoms with E-state index >= 15 is 0 Å². The number of amides is 1. The SMILES string of the molecule is Cc1ccc(Oc2ccc(NC(=O)Cn3ccc(C(F)(F)F)n3)cn2)cc1. The molecule has 1 amide bonds. The molecule has 0 aliphatic rings.